The standard InChI is InChI=1S/C17H14N4/c1-11-18-19-17-13-6-4-5-12-9-10-20(16(12)13)14-7-2-3-8-15(14)21(11)17/h2-8H,9-10H2,1H3. The summed E-state index contributed by atoms with van der Waals surface area (Å²) in [6.07, 6.45) is 1.09. The zero-order chi connectivity index (χ0) is 14.0. The molecule has 2 aliphatic heterocycles. The van der Waals surface area contributed by atoms with Crippen molar-refractivity contribution in [2.24, 2.45) is 0 Å². The summed E-state index contributed by atoms with van der Waals surface area (Å²) in [5, 5.41) is 8.75. The lowest BCUT2D eigenvalue weighted by Gasteiger charge is -2.21. The lowest BCUT2D eigenvalue weighted by Crippen LogP contribution is -2.14. The van der Waals surface area contributed by atoms with Gasteiger partial charge in [-0.15, -0.1) is 10.2 Å². The third-order valence-electron chi connectivity index (χ3n) is 4.47. The Bertz CT molecular complexity index is 878. The molecule has 0 unspecified atom stereocenters. The average molecular weight is 274 g/mol. The first-order chi connectivity index (χ1) is 10.3. The van der Waals surface area contributed by atoms with Crippen LogP contribution in [0, 0.1) is 6.92 Å². The number of para-hydroxylation sites is 3. The van der Waals surface area contributed by atoms with Crippen LogP contribution < -0.4 is 4.90 Å². The Morgan fingerprint density at radius 1 is 0.952 bits per heavy atom. The summed E-state index contributed by atoms with van der Waals surface area (Å²) in [6, 6.07) is 15.0. The van der Waals surface area contributed by atoms with Crippen LogP contribution in [0.2, 0.25) is 0 Å². The van der Waals surface area contributed by atoms with Gasteiger partial charge in [-0.2, -0.15) is 0 Å². The fraction of sp³-hybridized carbons (Fsp3) is 0.176. The Morgan fingerprint density at radius 3 is 2.71 bits per heavy atom. The summed E-state index contributed by atoms with van der Waals surface area (Å²) in [7, 11) is 0. The molecule has 0 fully saturated rings. The molecule has 0 N–H and O–H groups in total. The number of anilines is 2. The molecule has 0 atom stereocenters. The lowest BCUT2D eigenvalue weighted by atomic mass is 10.1. The largest absolute Gasteiger partial charge is 0.339 e. The Morgan fingerprint density at radius 2 is 1.81 bits per heavy atom. The Hall–Kier alpha value is -2.62. The molecule has 21 heavy (non-hydrogen) atoms. The minimum atomic E-state index is 0.927. The summed E-state index contributed by atoms with van der Waals surface area (Å²) in [6.45, 7) is 3.04. The van der Waals surface area contributed by atoms with E-state index in [-0.39, 0.29) is 0 Å². The van der Waals surface area contributed by atoms with E-state index in [1.165, 1.54) is 28.2 Å². The molecule has 2 aliphatic rings. The molecular formula is C17H14N4. The number of rotatable bonds is 0. The van der Waals surface area contributed by atoms with Crippen LogP contribution in [-0.4, -0.2) is 21.3 Å². The Kier molecular flexibility index (Phi) is 1.97. The van der Waals surface area contributed by atoms with Crippen LogP contribution in [0.25, 0.3) is 17.1 Å². The maximum Gasteiger partial charge on any atom is 0.170 e. The van der Waals surface area contributed by atoms with Crippen molar-refractivity contribution in [2.45, 2.75) is 13.3 Å². The smallest absolute Gasteiger partial charge is 0.170 e. The van der Waals surface area contributed by atoms with Gasteiger partial charge in [-0.3, -0.25) is 4.57 Å². The highest BCUT2D eigenvalue weighted by Gasteiger charge is 2.31. The van der Waals surface area contributed by atoms with Gasteiger partial charge in [0.25, 0.3) is 0 Å². The Labute approximate surface area is 122 Å². The quantitative estimate of drug-likeness (QED) is 0.631. The first-order valence-electron chi connectivity index (χ1n) is 7.26. The topological polar surface area (TPSA) is 34.0 Å². The third kappa shape index (κ3) is 1.29. The second-order valence-corrected chi connectivity index (χ2v) is 5.61. The molecule has 3 heterocycles. The van der Waals surface area contributed by atoms with E-state index >= 15 is 0 Å². The highest BCUT2D eigenvalue weighted by atomic mass is 15.3. The fourth-order valence-electron chi connectivity index (χ4n) is 3.58. The van der Waals surface area contributed by atoms with Gasteiger partial charge in [0.05, 0.1) is 17.1 Å². The van der Waals surface area contributed by atoms with E-state index < -0.39 is 0 Å². The van der Waals surface area contributed by atoms with Crippen LogP contribution in [0.5, 0.6) is 0 Å². The molecule has 4 nitrogen and oxygen atoms in total. The first-order valence-corrected chi connectivity index (χ1v) is 7.26. The molecule has 0 saturated heterocycles. The van der Waals surface area contributed by atoms with E-state index in [1.807, 2.05) is 6.92 Å². The molecule has 0 bridgehead atoms. The van der Waals surface area contributed by atoms with Crippen molar-refractivity contribution < 1.29 is 0 Å². The van der Waals surface area contributed by atoms with Crippen molar-refractivity contribution in [1.29, 1.82) is 0 Å². The number of aryl methyl sites for hydroxylation is 1. The highest BCUT2D eigenvalue weighted by Crippen LogP contribution is 2.46. The first kappa shape index (κ1) is 11.1. The van der Waals surface area contributed by atoms with E-state index in [2.05, 4.69) is 62.1 Å². The van der Waals surface area contributed by atoms with Gasteiger partial charge in [0, 0.05) is 12.1 Å². The average Bonchev–Trinajstić information content (AvgIpc) is 3.07. The second-order valence-electron chi connectivity index (χ2n) is 5.61. The molecule has 0 spiro atoms. The number of fused-ring (bicyclic) bond motifs is 5. The van der Waals surface area contributed by atoms with Gasteiger partial charge >= 0.3 is 0 Å². The van der Waals surface area contributed by atoms with Crippen molar-refractivity contribution >= 4 is 11.4 Å². The van der Waals surface area contributed by atoms with E-state index in [4.69, 9.17) is 0 Å². The van der Waals surface area contributed by atoms with Crippen LogP contribution in [-0.2, 0) is 6.42 Å². The van der Waals surface area contributed by atoms with Crippen LogP contribution >= 0.6 is 0 Å². The molecule has 0 radical (unpaired) electrons. The van der Waals surface area contributed by atoms with E-state index in [0.29, 0.717) is 0 Å². The predicted octanol–water partition coefficient (Wildman–Crippen LogP) is 3.25. The molecule has 0 amide bonds. The monoisotopic (exact) mass is 274 g/mol. The maximum absolute atomic E-state index is 4.45. The van der Waals surface area contributed by atoms with Gasteiger partial charge in [0.1, 0.15) is 5.82 Å². The maximum atomic E-state index is 4.45. The van der Waals surface area contributed by atoms with E-state index in [9.17, 15) is 0 Å². The summed E-state index contributed by atoms with van der Waals surface area (Å²) >= 11 is 0. The lowest BCUT2D eigenvalue weighted by molar-refractivity contribution is 0.953. The molecule has 1 aromatic heterocycles. The van der Waals surface area contributed by atoms with Crippen molar-refractivity contribution in [3.8, 4) is 17.1 Å². The molecule has 102 valence electrons. The molecule has 5 rings (SSSR count). The number of hydrogen-bond donors (Lipinski definition) is 0. The van der Waals surface area contributed by atoms with Crippen LogP contribution in [0.15, 0.2) is 42.5 Å². The third-order valence-corrected chi connectivity index (χ3v) is 4.47. The zero-order valence-electron chi connectivity index (χ0n) is 11.7. The van der Waals surface area contributed by atoms with Gasteiger partial charge in [-0.1, -0.05) is 24.3 Å². The number of benzene rings is 2. The fourth-order valence-corrected chi connectivity index (χ4v) is 3.58. The van der Waals surface area contributed by atoms with Gasteiger partial charge in [0.15, 0.2) is 5.82 Å². The van der Waals surface area contributed by atoms with Crippen molar-refractivity contribution in [3.63, 3.8) is 0 Å². The van der Waals surface area contributed by atoms with Crippen molar-refractivity contribution in [3.05, 3.63) is 53.9 Å². The SMILES string of the molecule is Cc1nnc2n1-c1ccccc1N1CCc3cccc-2c31. The second kappa shape index (κ2) is 3.73. The Balaban J connectivity index is 1.99. The van der Waals surface area contributed by atoms with Crippen LogP contribution in [0.1, 0.15) is 11.4 Å². The summed E-state index contributed by atoms with van der Waals surface area (Å²) in [4.78, 5) is 2.42. The number of aromatic nitrogens is 3. The van der Waals surface area contributed by atoms with Gasteiger partial charge < -0.3 is 4.90 Å². The summed E-state index contributed by atoms with van der Waals surface area (Å²) in [5.41, 5.74) is 6.29. The molecular weight excluding hydrogens is 260 g/mol. The van der Waals surface area contributed by atoms with Gasteiger partial charge in [-0.25, -0.2) is 0 Å². The molecule has 0 saturated carbocycles. The van der Waals surface area contributed by atoms with E-state index in [0.717, 1.165) is 24.6 Å². The molecule has 3 aromatic rings. The molecule has 0 aliphatic carbocycles. The number of nitrogens with zero attached hydrogens (tertiary/aromatic N) is 4. The normalized spacial score (nSPS) is 14.4. The molecule has 2 aromatic carbocycles. The molecule has 4 heteroatoms. The minimum Gasteiger partial charge on any atom is -0.339 e. The van der Waals surface area contributed by atoms with Crippen LogP contribution in [0.3, 0.4) is 0 Å². The van der Waals surface area contributed by atoms with Gasteiger partial charge in [0.2, 0.25) is 0 Å². The van der Waals surface area contributed by atoms with E-state index in [1.54, 1.807) is 0 Å². The van der Waals surface area contributed by atoms with Crippen molar-refractivity contribution in [1.82, 2.24) is 14.8 Å². The summed E-state index contributed by atoms with van der Waals surface area (Å²) < 4.78 is 2.17. The van der Waals surface area contributed by atoms with Crippen LogP contribution in [0.4, 0.5) is 11.4 Å². The predicted molar refractivity (Wildman–Crippen MR) is 82.2 cm³/mol. The van der Waals surface area contributed by atoms with Crippen molar-refractivity contribution in [2.75, 3.05) is 11.4 Å². The summed E-state index contributed by atoms with van der Waals surface area (Å²) in [5.74, 6) is 1.87. The number of hydrogen-bond acceptors (Lipinski definition) is 3. The highest BCUT2D eigenvalue weighted by molar-refractivity contribution is 5.89. The zero-order valence-corrected chi connectivity index (χ0v) is 11.7. The minimum absolute atomic E-state index is 0.927. The van der Waals surface area contributed by atoms with Gasteiger partial charge in [-0.05, 0) is 37.1 Å².